The second-order valence-electron chi connectivity index (χ2n) is 4.23. The van der Waals surface area contributed by atoms with Gasteiger partial charge in [-0.15, -0.1) is 0 Å². The number of ether oxygens (including phenoxy) is 2. The predicted molar refractivity (Wildman–Crippen MR) is 69.7 cm³/mol. The average Bonchev–Trinajstić information content (AvgIpc) is 2.82. The molecule has 2 N–H and O–H groups in total. The first-order valence-corrected chi connectivity index (χ1v) is 5.86. The molecular weight excluding hydrogens is 230 g/mol. The van der Waals surface area contributed by atoms with E-state index in [1.54, 1.807) is 18.4 Å². The highest BCUT2D eigenvalue weighted by molar-refractivity contribution is 5.55. The third-order valence-electron chi connectivity index (χ3n) is 2.31. The Morgan fingerprint density at radius 3 is 2.78 bits per heavy atom. The average molecular weight is 247 g/mol. The molecule has 0 aliphatic carbocycles. The number of nitrogens with two attached hydrogens (primary N) is 1. The molecule has 0 radical (unpaired) electrons. The van der Waals surface area contributed by atoms with Gasteiger partial charge < -0.3 is 19.6 Å². The van der Waals surface area contributed by atoms with Crippen molar-refractivity contribution >= 4 is 5.69 Å². The second kappa shape index (κ2) is 5.49. The molecule has 0 unspecified atom stereocenters. The number of hydrogen-bond acceptors (Lipinski definition) is 4. The molecule has 18 heavy (non-hydrogen) atoms. The largest absolute Gasteiger partial charge is 0.489 e. The maximum absolute atomic E-state index is 5.83. The minimum Gasteiger partial charge on any atom is -0.489 e. The van der Waals surface area contributed by atoms with Crippen LogP contribution in [0.3, 0.4) is 0 Å². The van der Waals surface area contributed by atoms with E-state index in [1.165, 1.54) is 0 Å². The smallest absolute Gasteiger partial charge is 0.146 e. The lowest BCUT2D eigenvalue weighted by molar-refractivity contribution is 0.238. The molecular formula is C14H17NO3. The molecule has 0 bridgehead atoms. The van der Waals surface area contributed by atoms with E-state index in [4.69, 9.17) is 19.6 Å². The number of rotatable bonds is 5. The number of furan rings is 1. The van der Waals surface area contributed by atoms with E-state index in [0.717, 1.165) is 5.76 Å². The minimum atomic E-state index is 0.0765. The number of nitrogen functional groups attached to an aromatic ring is 1. The molecule has 2 rings (SSSR count). The Labute approximate surface area is 106 Å². The maximum atomic E-state index is 5.83. The first kappa shape index (κ1) is 12.4. The van der Waals surface area contributed by atoms with Gasteiger partial charge >= 0.3 is 0 Å². The highest BCUT2D eigenvalue weighted by Crippen LogP contribution is 2.28. The summed E-state index contributed by atoms with van der Waals surface area (Å²) in [6, 6.07) is 9.07. The number of hydrogen-bond donors (Lipinski definition) is 1. The Morgan fingerprint density at radius 1 is 1.28 bits per heavy atom. The summed E-state index contributed by atoms with van der Waals surface area (Å²) < 4.78 is 16.4. The van der Waals surface area contributed by atoms with Crippen molar-refractivity contribution in [1.29, 1.82) is 0 Å². The highest BCUT2D eigenvalue weighted by Gasteiger charge is 2.06. The van der Waals surface area contributed by atoms with Gasteiger partial charge in [-0.2, -0.15) is 0 Å². The first-order chi connectivity index (χ1) is 8.65. The summed E-state index contributed by atoms with van der Waals surface area (Å²) in [5, 5.41) is 0. The van der Waals surface area contributed by atoms with E-state index in [-0.39, 0.29) is 6.10 Å². The van der Waals surface area contributed by atoms with Crippen LogP contribution in [0.25, 0.3) is 0 Å². The fraction of sp³-hybridized carbons (Fsp3) is 0.286. The second-order valence-corrected chi connectivity index (χ2v) is 4.23. The van der Waals surface area contributed by atoms with E-state index in [0.29, 0.717) is 23.8 Å². The third kappa shape index (κ3) is 3.20. The van der Waals surface area contributed by atoms with Gasteiger partial charge in [-0.05, 0) is 38.1 Å². The molecule has 0 atom stereocenters. The van der Waals surface area contributed by atoms with E-state index in [2.05, 4.69) is 0 Å². The van der Waals surface area contributed by atoms with E-state index < -0.39 is 0 Å². The quantitative estimate of drug-likeness (QED) is 0.824. The highest BCUT2D eigenvalue weighted by atomic mass is 16.5. The molecule has 0 spiro atoms. The topological polar surface area (TPSA) is 57.6 Å². The molecule has 0 amide bonds. The van der Waals surface area contributed by atoms with Gasteiger partial charge in [0.1, 0.15) is 23.9 Å². The standard InChI is InChI=1S/C14H17NO3/c1-10(2)18-14-8-11(5-6-13(14)15)17-9-12-4-3-7-16-12/h3-8,10H,9,15H2,1-2H3. The van der Waals surface area contributed by atoms with Crippen LogP contribution < -0.4 is 15.2 Å². The Morgan fingerprint density at radius 2 is 2.11 bits per heavy atom. The fourth-order valence-electron chi connectivity index (χ4n) is 1.51. The van der Waals surface area contributed by atoms with Crippen molar-refractivity contribution in [3.63, 3.8) is 0 Å². The minimum absolute atomic E-state index is 0.0765. The zero-order valence-corrected chi connectivity index (χ0v) is 10.6. The van der Waals surface area contributed by atoms with Crippen LogP contribution in [-0.4, -0.2) is 6.10 Å². The van der Waals surface area contributed by atoms with Crippen LogP contribution in [0.1, 0.15) is 19.6 Å². The van der Waals surface area contributed by atoms with Crippen molar-refractivity contribution in [2.45, 2.75) is 26.6 Å². The molecule has 1 aromatic carbocycles. The molecule has 0 aliphatic rings. The summed E-state index contributed by atoms with van der Waals surface area (Å²) in [4.78, 5) is 0. The normalized spacial score (nSPS) is 10.6. The zero-order chi connectivity index (χ0) is 13.0. The Kier molecular flexibility index (Phi) is 3.77. The van der Waals surface area contributed by atoms with Crippen molar-refractivity contribution in [2.24, 2.45) is 0 Å². The molecule has 1 heterocycles. The van der Waals surface area contributed by atoms with Crippen molar-refractivity contribution < 1.29 is 13.9 Å². The molecule has 0 saturated carbocycles. The zero-order valence-electron chi connectivity index (χ0n) is 10.6. The molecule has 0 fully saturated rings. The van der Waals surface area contributed by atoms with Crippen LogP contribution in [0.2, 0.25) is 0 Å². The van der Waals surface area contributed by atoms with Crippen LogP contribution in [0.4, 0.5) is 5.69 Å². The van der Waals surface area contributed by atoms with Crippen molar-refractivity contribution in [3.8, 4) is 11.5 Å². The monoisotopic (exact) mass is 247 g/mol. The van der Waals surface area contributed by atoms with Crippen LogP contribution in [-0.2, 0) is 6.61 Å². The van der Waals surface area contributed by atoms with Crippen LogP contribution in [0.15, 0.2) is 41.0 Å². The summed E-state index contributed by atoms with van der Waals surface area (Å²) >= 11 is 0. The molecule has 96 valence electrons. The maximum Gasteiger partial charge on any atom is 0.146 e. The predicted octanol–water partition coefficient (Wildman–Crippen LogP) is 3.23. The number of benzene rings is 1. The van der Waals surface area contributed by atoms with Crippen LogP contribution in [0, 0.1) is 0 Å². The van der Waals surface area contributed by atoms with Gasteiger partial charge in [0.15, 0.2) is 0 Å². The number of anilines is 1. The molecule has 2 aromatic rings. The molecule has 0 aliphatic heterocycles. The van der Waals surface area contributed by atoms with Gasteiger partial charge in [-0.25, -0.2) is 0 Å². The molecule has 1 aromatic heterocycles. The summed E-state index contributed by atoms with van der Waals surface area (Å²) in [6.07, 6.45) is 1.70. The van der Waals surface area contributed by atoms with Gasteiger partial charge in [0.05, 0.1) is 18.1 Å². The third-order valence-corrected chi connectivity index (χ3v) is 2.31. The molecule has 4 heteroatoms. The lowest BCUT2D eigenvalue weighted by Crippen LogP contribution is -2.07. The lowest BCUT2D eigenvalue weighted by Gasteiger charge is -2.13. The SMILES string of the molecule is CC(C)Oc1cc(OCc2ccco2)ccc1N. The van der Waals surface area contributed by atoms with E-state index in [9.17, 15) is 0 Å². The summed E-state index contributed by atoms with van der Waals surface area (Å²) in [7, 11) is 0. The molecule has 0 saturated heterocycles. The summed E-state index contributed by atoms with van der Waals surface area (Å²) in [5.41, 5.74) is 6.44. The van der Waals surface area contributed by atoms with E-state index in [1.807, 2.05) is 32.0 Å². The first-order valence-electron chi connectivity index (χ1n) is 5.86. The van der Waals surface area contributed by atoms with Crippen LogP contribution in [0.5, 0.6) is 11.5 Å². The van der Waals surface area contributed by atoms with Crippen molar-refractivity contribution in [3.05, 3.63) is 42.4 Å². The van der Waals surface area contributed by atoms with Crippen molar-refractivity contribution in [1.82, 2.24) is 0 Å². The van der Waals surface area contributed by atoms with Crippen LogP contribution >= 0.6 is 0 Å². The van der Waals surface area contributed by atoms with Gasteiger partial charge in [0, 0.05) is 6.07 Å². The fourth-order valence-corrected chi connectivity index (χ4v) is 1.51. The summed E-state index contributed by atoms with van der Waals surface area (Å²) in [5.74, 6) is 2.12. The van der Waals surface area contributed by atoms with Gasteiger partial charge in [0.2, 0.25) is 0 Å². The van der Waals surface area contributed by atoms with Crippen molar-refractivity contribution in [2.75, 3.05) is 5.73 Å². The Hall–Kier alpha value is -2.10. The van der Waals surface area contributed by atoms with Gasteiger partial charge in [-0.3, -0.25) is 0 Å². The van der Waals surface area contributed by atoms with Gasteiger partial charge in [0.25, 0.3) is 0 Å². The molecule has 4 nitrogen and oxygen atoms in total. The lowest BCUT2D eigenvalue weighted by atomic mass is 10.2. The van der Waals surface area contributed by atoms with Gasteiger partial charge in [-0.1, -0.05) is 0 Å². The Balaban J connectivity index is 2.04. The van der Waals surface area contributed by atoms with E-state index >= 15 is 0 Å². The Bertz CT molecular complexity index is 492. The summed E-state index contributed by atoms with van der Waals surface area (Å²) in [6.45, 7) is 4.30.